The third kappa shape index (κ3) is 4.04. The Morgan fingerprint density at radius 2 is 2.08 bits per heavy atom. The van der Waals surface area contributed by atoms with Crippen molar-refractivity contribution in [3.63, 3.8) is 0 Å². The minimum Gasteiger partial charge on any atom is -0.444 e. The Labute approximate surface area is 147 Å². The summed E-state index contributed by atoms with van der Waals surface area (Å²) in [6.45, 7) is 9.18. The van der Waals surface area contributed by atoms with Crippen LogP contribution < -0.4 is 10.6 Å². The minimum atomic E-state index is -0.517. The van der Waals surface area contributed by atoms with Crippen molar-refractivity contribution in [2.45, 2.75) is 39.3 Å². The van der Waals surface area contributed by atoms with Crippen LogP contribution in [-0.4, -0.2) is 42.3 Å². The van der Waals surface area contributed by atoms with Gasteiger partial charge in [-0.25, -0.2) is 4.79 Å². The fourth-order valence-electron chi connectivity index (χ4n) is 2.71. The number of anilines is 2. The number of piperazine rings is 1. The third-order valence-corrected chi connectivity index (χ3v) is 4.14. The van der Waals surface area contributed by atoms with Crippen molar-refractivity contribution in [2.75, 3.05) is 30.3 Å². The van der Waals surface area contributed by atoms with Crippen LogP contribution in [0.3, 0.4) is 0 Å². The van der Waals surface area contributed by atoms with Gasteiger partial charge in [0.05, 0.1) is 28.0 Å². The standard InChI is InChI=1S/C17H23ClN4O2/c1-11-10-21(16(23)24-17(2,3)4)5-6-22(11)14-8-12(9-19)7-13(18)15(14)20/h7-8,11H,5-6,10,20H2,1-4H3/t11-/m0/s1. The molecule has 130 valence electrons. The predicted molar refractivity (Wildman–Crippen MR) is 95.2 cm³/mol. The van der Waals surface area contributed by atoms with Gasteiger partial charge in [-0.15, -0.1) is 0 Å². The molecule has 1 aromatic carbocycles. The summed E-state index contributed by atoms with van der Waals surface area (Å²) in [6.07, 6.45) is -0.314. The number of carbonyl (C=O) groups is 1. The number of nitriles is 1. The number of ether oxygens (including phenoxy) is 1. The maximum Gasteiger partial charge on any atom is 0.410 e. The van der Waals surface area contributed by atoms with Crippen molar-refractivity contribution < 1.29 is 9.53 Å². The second-order valence-corrected chi connectivity index (χ2v) is 7.38. The topological polar surface area (TPSA) is 82.6 Å². The zero-order valence-corrected chi connectivity index (χ0v) is 15.2. The van der Waals surface area contributed by atoms with Crippen LogP contribution in [0.15, 0.2) is 12.1 Å². The Kier molecular flexibility index (Phi) is 5.14. The average Bonchev–Trinajstić information content (AvgIpc) is 2.48. The fraction of sp³-hybridized carbons (Fsp3) is 0.529. The van der Waals surface area contributed by atoms with Gasteiger partial charge in [0.15, 0.2) is 0 Å². The van der Waals surface area contributed by atoms with Crippen LogP contribution in [0.4, 0.5) is 16.2 Å². The van der Waals surface area contributed by atoms with Crippen molar-refractivity contribution in [1.29, 1.82) is 5.26 Å². The molecule has 2 N–H and O–H groups in total. The second kappa shape index (κ2) is 6.78. The molecule has 0 radical (unpaired) electrons. The van der Waals surface area contributed by atoms with E-state index >= 15 is 0 Å². The van der Waals surface area contributed by atoms with Crippen molar-refractivity contribution >= 4 is 29.1 Å². The molecule has 1 aromatic rings. The summed E-state index contributed by atoms with van der Waals surface area (Å²) in [5, 5.41) is 9.49. The van der Waals surface area contributed by atoms with Crippen LogP contribution in [0.5, 0.6) is 0 Å². The number of halogens is 1. The van der Waals surface area contributed by atoms with E-state index in [1.807, 2.05) is 27.7 Å². The molecule has 0 spiro atoms. The highest BCUT2D eigenvalue weighted by Crippen LogP contribution is 2.34. The molecular weight excluding hydrogens is 328 g/mol. The summed E-state index contributed by atoms with van der Waals surface area (Å²) < 4.78 is 5.43. The summed E-state index contributed by atoms with van der Waals surface area (Å²) in [6, 6.07) is 5.41. The van der Waals surface area contributed by atoms with Gasteiger partial charge in [-0.1, -0.05) is 11.6 Å². The van der Waals surface area contributed by atoms with Gasteiger partial charge in [0.25, 0.3) is 0 Å². The van der Waals surface area contributed by atoms with Gasteiger partial charge in [0, 0.05) is 25.7 Å². The molecule has 1 atom stereocenters. The summed E-state index contributed by atoms with van der Waals surface area (Å²) >= 11 is 6.13. The molecule has 1 aliphatic rings. The zero-order valence-electron chi connectivity index (χ0n) is 14.5. The molecule has 1 heterocycles. The van der Waals surface area contributed by atoms with Crippen molar-refractivity contribution in [2.24, 2.45) is 0 Å². The van der Waals surface area contributed by atoms with Gasteiger partial charge in [-0.2, -0.15) is 5.26 Å². The Bertz CT molecular complexity index is 678. The average molecular weight is 351 g/mol. The molecule has 0 bridgehead atoms. The van der Waals surface area contributed by atoms with E-state index in [1.54, 1.807) is 17.0 Å². The normalized spacial score (nSPS) is 18.2. The lowest BCUT2D eigenvalue weighted by Gasteiger charge is -2.42. The molecular formula is C17H23ClN4O2. The van der Waals surface area contributed by atoms with Crippen molar-refractivity contribution in [1.82, 2.24) is 4.90 Å². The summed E-state index contributed by atoms with van der Waals surface area (Å²) in [5.74, 6) is 0. The molecule has 1 fully saturated rings. The zero-order chi connectivity index (χ0) is 18.1. The first-order valence-electron chi connectivity index (χ1n) is 7.86. The predicted octanol–water partition coefficient (Wildman–Crippen LogP) is 3.24. The van der Waals surface area contributed by atoms with E-state index in [4.69, 9.17) is 27.3 Å². The number of nitrogens with zero attached hydrogens (tertiary/aromatic N) is 3. The first-order valence-corrected chi connectivity index (χ1v) is 8.24. The van der Waals surface area contributed by atoms with Crippen LogP contribution in [0.1, 0.15) is 33.3 Å². The van der Waals surface area contributed by atoms with E-state index in [-0.39, 0.29) is 12.1 Å². The van der Waals surface area contributed by atoms with Gasteiger partial charge < -0.3 is 20.3 Å². The number of rotatable bonds is 1. The summed E-state index contributed by atoms with van der Waals surface area (Å²) in [4.78, 5) is 16.0. The van der Waals surface area contributed by atoms with Crippen LogP contribution in [-0.2, 0) is 4.74 Å². The number of amides is 1. The Hall–Kier alpha value is -2.13. The molecule has 1 saturated heterocycles. The molecule has 2 rings (SSSR count). The molecule has 0 aromatic heterocycles. The van der Waals surface area contributed by atoms with Gasteiger partial charge in [0.2, 0.25) is 0 Å². The molecule has 0 aliphatic carbocycles. The monoisotopic (exact) mass is 350 g/mol. The molecule has 1 amide bonds. The number of nitrogens with two attached hydrogens (primary N) is 1. The van der Waals surface area contributed by atoms with E-state index in [0.717, 1.165) is 5.69 Å². The van der Waals surface area contributed by atoms with Gasteiger partial charge >= 0.3 is 6.09 Å². The highest BCUT2D eigenvalue weighted by atomic mass is 35.5. The number of benzene rings is 1. The van der Waals surface area contributed by atoms with E-state index in [2.05, 4.69) is 11.0 Å². The second-order valence-electron chi connectivity index (χ2n) is 6.97. The minimum absolute atomic E-state index is 0.0265. The Morgan fingerprint density at radius 1 is 1.42 bits per heavy atom. The Morgan fingerprint density at radius 3 is 2.62 bits per heavy atom. The number of hydrogen-bond acceptors (Lipinski definition) is 5. The lowest BCUT2D eigenvalue weighted by molar-refractivity contribution is 0.0219. The molecule has 6 nitrogen and oxygen atoms in total. The summed E-state index contributed by atoms with van der Waals surface area (Å²) in [5.41, 5.74) is 7.22. The molecule has 7 heteroatoms. The van der Waals surface area contributed by atoms with Crippen LogP contribution in [0.25, 0.3) is 0 Å². The summed E-state index contributed by atoms with van der Waals surface area (Å²) in [7, 11) is 0. The highest BCUT2D eigenvalue weighted by Gasteiger charge is 2.31. The van der Waals surface area contributed by atoms with Crippen LogP contribution in [0, 0.1) is 11.3 Å². The molecule has 0 unspecified atom stereocenters. The first-order chi connectivity index (χ1) is 11.1. The SMILES string of the molecule is C[C@H]1CN(C(=O)OC(C)(C)C)CCN1c1cc(C#N)cc(Cl)c1N. The van der Waals surface area contributed by atoms with Gasteiger partial charge in [-0.3, -0.25) is 0 Å². The van der Waals surface area contributed by atoms with Crippen LogP contribution >= 0.6 is 11.6 Å². The number of hydrogen-bond donors (Lipinski definition) is 1. The molecule has 0 saturated carbocycles. The quantitative estimate of drug-likeness (QED) is 0.786. The lowest BCUT2D eigenvalue weighted by Crippen LogP contribution is -2.54. The molecule has 1 aliphatic heterocycles. The van der Waals surface area contributed by atoms with E-state index in [0.29, 0.717) is 35.9 Å². The van der Waals surface area contributed by atoms with E-state index in [1.165, 1.54) is 0 Å². The maximum atomic E-state index is 12.2. The largest absolute Gasteiger partial charge is 0.444 e. The lowest BCUT2D eigenvalue weighted by atomic mass is 10.1. The number of nitrogen functional groups attached to an aromatic ring is 1. The van der Waals surface area contributed by atoms with Crippen molar-refractivity contribution in [3.8, 4) is 6.07 Å². The smallest absolute Gasteiger partial charge is 0.410 e. The molecule has 24 heavy (non-hydrogen) atoms. The van der Waals surface area contributed by atoms with Crippen molar-refractivity contribution in [3.05, 3.63) is 22.7 Å². The fourth-order valence-corrected chi connectivity index (χ4v) is 2.93. The van der Waals surface area contributed by atoms with E-state index < -0.39 is 5.60 Å². The van der Waals surface area contributed by atoms with Gasteiger partial charge in [0.1, 0.15) is 5.60 Å². The third-order valence-electron chi connectivity index (χ3n) is 3.83. The highest BCUT2D eigenvalue weighted by molar-refractivity contribution is 6.33. The first kappa shape index (κ1) is 18.2. The number of carbonyl (C=O) groups excluding carboxylic acids is 1. The maximum absolute atomic E-state index is 12.2. The van der Waals surface area contributed by atoms with E-state index in [9.17, 15) is 4.79 Å². The Balaban J connectivity index is 2.16. The van der Waals surface area contributed by atoms with Gasteiger partial charge in [-0.05, 0) is 39.8 Å². The van der Waals surface area contributed by atoms with Crippen LogP contribution in [0.2, 0.25) is 5.02 Å².